The highest BCUT2D eigenvalue weighted by Gasteiger charge is 2.39. The van der Waals surface area contributed by atoms with Crippen molar-refractivity contribution >= 4 is 27.1 Å². The predicted octanol–water partition coefficient (Wildman–Crippen LogP) is 4.29. The molecule has 35 heavy (non-hydrogen) atoms. The number of H-pyrrole nitrogens is 1. The van der Waals surface area contributed by atoms with Gasteiger partial charge < -0.3 is 25.1 Å². The lowest BCUT2D eigenvalue weighted by Crippen LogP contribution is -2.44. The van der Waals surface area contributed by atoms with Gasteiger partial charge in [0.05, 0.1) is 23.9 Å². The molecule has 0 spiro atoms. The first kappa shape index (κ1) is 24.0. The summed E-state index contributed by atoms with van der Waals surface area (Å²) in [7, 11) is -2.34. The van der Waals surface area contributed by atoms with Gasteiger partial charge in [-0.15, -0.1) is 0 Å². The van der Waals surface area contributed by atoms with Crippen molar-refractivity contribution in [1.29, 1.82) is 0 Å². The normalized spacial score (nSPS) is 22.8. The van der Waals surface area contributed by atoms with Gasteiger partial charge in [0.1, 0.15) is 29.8 Å². The van der Waals surface area contributed by atoms with Gasteiger partial charge in [0.25, 0.3) is 0 Å². The molecule has 0 bridgehead atoms. The monoisotopic (exact) mass is 511 g/mol. The van der Waals surface area contributed by atoms with Crippen molar-refractivity contribution in [2.24, 2.45) is 21.2 Å². The van der Waals surface area contributed by atoms with Gasteiger partial charge >= 0.3 is 6.18 Å². The van der Waals surface area contributed by atoms with Gasteiger partial charge in [-0.2, -0.15) is 17.5 Å². The van der Waals surface area contributed by atoms with Crippen LogP contribution in [0, 0.1) is 11.8 Å². The van der Waals surface area contributed by atoms with Gasteiger partial charge in [0, 0.05) is 53.0 Å². The number of aromatic nitrogens is 1. The summed E-state index contributed by atoms with van der Waals surface area (Å²) < 4.78 is 68.1. The molecule has 5 rings (SSSR count). The number of nitrogens with one attached hydrogen (secondary N) is 3. The van der Waals surface area contributed by atoms with E-state index >= 15 is 0 Å². The Bertz CT molecular complexity index is 1250. The molecule has 1 fully saturated rings. The standard InChI is InChI=1S/C23H28F3N5O3S/c1-35(2,32)31-14-3-4-15-18(9-14)34-11-17(13-5-7-33-8-6-13)20(15)30-22-16-10-19(23(24,25)26)29-21(16)27-12-28-22/h3-4,9-10,13,17,20,27,29H,5-8,11-12H2,1-2H3,(H,28,30)/t17-,20+/m1/s1. The van der Waals surface area contributed by atoms with Crippen molar-refractivity contribution < 1.29 is 26.9 Å². The second-order valence-electron chi connectivity index (χ2n) is 9.35. The SMILES string of the molecule is CS(C)(=O)=Nc1ccc2c(c1)OC[C@H](C1CCOCC1)[C@H]2NC1=NCNc2[nH]c(C(F)(F)F)cc21. The van der Waals surface area contributed by atoms with E-state index in [4.69, 9.17) is 9.47 Å². The maximum absolute atomic E-state index is 13.3. The van der Waals surface area contributed by atoms with E-state index in [0.29, 0.717) is 54.4 Å². The van der Waals surface area contributed by atoms with E-state index in [9.17, 15) is 17.4 Å². The van der Waals surface area contributed by atoms with Crippen LogP contribution in [0.1, 0.15) is 35.7 Å². The number of aromatic amines is 1. The highest BCUT2D eigenvalue weighted by molar-refractivity contribution is 7.92. The number of aliphatic imine (C=N–C) groups is 1. The van der Waals surface area contributed by atoms with Crippen molar-refractivity contribution in [3.63, 3.8) is 0 Å². The van der Waals surface area contributed by atoms with Crippen LogP contribution >= 0.6 is 0 Å². The average Bonchev–Trinajstić information content (AvgIpc) is 3.25. The van der Waals surface area contributed by atoms with E-state index in [-0.39, 0.29) is 18.6 Å². The molecule has 0 amide bonds. The number of hydrogen-bond acceptors (Lipinski definition) is 7. The molecule has 0 saturated carbocycles. The van der Waals surface area contributed by atoms with E-state index in [0.717, 1.165) is 24.5 Å². The van der Waals surface area contributed by atoms with E-state index in [1.54, 1.807) is 24.6 Å². The van der Waals surface area contributed by atoms with Crippen LogP contribution in [0.2, 0.25) is 0 Å². The molecule has 2 aromatic rings. The number of amidine groups is 1. The Kier molecular flexibility index (Phi) is 6.20. The van der Waals surface area contributed by atoms with Gasteiger partial charge in [0.2, 0.25) is 0 Å². The fourth-order valence-electron chi connectivity index (χ4n) is 4.95. The zero-order valence-electron chi connectivity index (χ0n) is 19.4. The van der Waals surface area contributed by atoms with Crippen molar-refractivity contribution in [3.05, 3.63) is 41.1 Å². The molecular weight excluding hydrogens is 483 g/mol. The highest BCUT2D eigenvalue weighted by atomic mass is 32.2. The minimum absolute atomic E-state index is 0.0674. The lowest BCUT2D eigenvalue weighted by molar-refractivity contribution is -0.140. The van der Waals surface area contributed by atoms with Gasteiger partial charge in [-0.05, 0) is 30.9 Å². The summed E-state index contributed by atoms with van der Waals surface area (Å²) in [5.74, 6) is 1.70. The zero-order valence-corrected chi connectivity index (χ0v) is 20.3. The van der Waals surface area contributed by atoms with Gasteiger partial charge in [-0.1, -0.05) is 6.07 Å². The Labute approximate surface area is 201 Å². The van der Waals surface area contributed by atoms with Crippen LogP contribution in [-0.2, 0) is 20.6 Å². The van der Waals surface area contributed by atoms with Gasteiger partial charge in [-0.3, -0.25) is 0 Å². The van der Waals surface area contributed by atoms with Crippen LogP contribution < -0.4 is 15.4 Å². The number of nitrogens with zero attached hydrogens (tertiary/aromatic N) is 2. The second-order valence-corrected chi connectivity index (χ2v) is 11.9. The number of alkyl halides is 3. The summed E-state index contributed by atoms with van der Waals surface area (Å²) in [4.78, 5) is 6.89. The van der Waals surface area contributed by atoms with Crippen LogP contribution in [0.3, 0.4) is 0 Å². The smallest absolute Gasteiger partial charge is 0.431 e. The van der Waals surface area contributed by atoms with Crippen LogP contribution in [0.5, 0.6) is 5.75 Å². The molecule has 3 aliphatic heterocycles. The number of rotatable bonds is 3. The van der Waals surface area contributed by atoms with Crippen LogP contribution in [-0.4, -0.2) is 54.0 Å². The Morgan fingerprint density at radius 3 is 2.69 bits per heavy atom. The third-order valence-electron chi connectivity index (χ3n) is 6.55. The molecule has 1 aromatic heterocycles. The fourth-order valence-corrected chi connectivity index (χ4v) is 5.57. The maximum Gasteiger partial charge on any atom is 0.431 e. The Morgan fingerprint density at radius 1 is 1.20 bits per heavy atom. The number of anilines is 1. The predicted molar refractivity (Wildman–Crippen MR) is 128 cm³/mol. The fraction of sp³-hybridized carbons (Fsp3) is 0.522. The molecule has 1 aromatic carbocycles. The Balaban J connectivity index is 1.51. The van der Waals surface area contributed by atoms with Crippen LogP contribution in [0.4, 0.5) is 24.7 Å². The molecule has 1 saturated heterocycles. The lowest BCUT2D eigenvalue weighted by Gasteiger charge is -2.40. The van der Waals surface area contributed by atoms with Crippen molar-refractivity contribution in [1.82, 2.24) is 10.3 Å². The number of hydrogen-bond donors (Lipinski definition) is 3. The van der Waals surface area contributed by atoms with Crippen molar-refractivity contribution in [2.45, 2.75) is 25.1 Å². The number of ether oxygens (including phenoxy) is 2. The third-order valence-corrected chi connectivity index (χ3v) is 7.20. The minimum atomic E-state index is -4.49. The Hall–Kier alpha value is -2.73. The highest BCUT2D eigenvalue weighted by Crippen LogP contribution is 2.43. The van der Waals surface area contributed by atoms with E-state index < -0.39 is 21.6 Å². The zero-order chi connectivity index (χ0) is 24.8. The van der Waals surface area contributed by atoms with E-state index in [2.05, 4.69) is 25.0 Å². The number of benzene rings is 1. The summed E-state index contributed by atoms with van der Waals surface area (Å²) in [5, 5.41) is 6.35. The minimum Gasteiger partial charge on any atom is -0.493 e. The molecule has 0 aliphatic carbocycles. The van der Waals surface area contributed by atoms with E-state index in [1.807, 2.05) is 6.07 Å². The molecule has 4 heterocycles. The molecular formula is C23H28F3N5O3S. The molecule has 2 atom stereocenters. The third kappa shape index (κ3) is 5.13. The Morgan fingerprint density at radius 2 is 1.97 bits per heavy atom. The largest absolute Gasteiger partial charge is 0.493 e. The van der Waals surface area contributed by atoms with Crippen LogP contribution in [0.15, 0.2) is 33.6 Å². The summed E-state index contributed by atoms with van der Waals surface area (Å²) in [6.07, 6.45) is 0.404. The van der Waals surface area contributed by atoms with E-state index in [1.165, 1.54) is 0 Å². The summed E-state index contributed by atoms with van der Waals surface area (Å²) in [6, 6.07) is 6.30. The first-order valence-electron chi connectivity index (χ1n) is 11.5. The second kappa shape index (κ2) is 9.05. The molecule has 0 radical (unpaired) electrons. The number of fused-ring (bicyclic) bond motifs is 2. The molecule has 0 unspecified atom stereocenters. The topological polar surface area (TPSA) is 100 Å². The van der Waals surface area contributed by atoms with Crippen molar-refractivity contribution in [2.75, 3.05) is 44.3 Å². The molecule has 12 heteroatoms. The van der Waals surface area contributed by atoms with Gasteiger partial charge in [-0.25, -0.2) is 9.20 Å². The maximum atomic E-state index is 13.3. The molecule has 3 aliphatic rings. The van der Waals surface area contributed by atoms with Crippen LogP contribution in [0.25, 0.3) is 0 Å². The lowest BCUT2D eigenvalue weighted by atomic mass is 9.77. The molecule has 190 valence electrons. The molecule has 3 N–H and O–H groups in total. The first-order valence-corrected chi connectivity index (χ1v) is 13.8. The van der Waals surface area contributed by atoms with Gasteiger partial charge in [0.15, 0.2) is 0 Å². The first-order chi connectivity index (χ1) is 16.6. The summed E-state index contributed by atoms with van der Waals surface area (Å²) >= 11 is 0. The molecule has 8 nitrogen and oxygen atoms in total. The number of halogens is 3. The summed E-state index contributed by atoms with van der Waals surface area (Å²) in [6.45, 7) is 1.93. The average molecular weight is 512 g/mol. The summed E-state index contributed by atoms with van der Waals surface area (Å²) in [5.41, 5.74) is 0.961. The quantitative estimate of drug-likeness (QED) is 0.571. The van der Waals surface area contributed by atoms with Crippen molar-refractivity contribution in [3.8, 4) is 5.75 Å².